The minimum Gasteiger partial charge on any atom is -0.323 e. The van der Waals surface area contributed by atoms with Gasteiger partial charge < -0.3 is 5.84 Å². The highest BCUT2D eigenvalue weighted by molar-refractivity contribution is 8.13. The summed E-state index contributed by atoms with van der Waals surface area (Å²) >= 11 is 20.0. The molecule has 31 heavy (non-hydrogen) atoms. The van der Waals surface area contributed by atoms with Gasteiger partial charge in [-0.15, -0.1) is 11.8 Å². The summed E-state index contributed by atoms with van der Waals surface area (Å²) in [5, 5.41) is 6.31. The van der Waals surface area contributed by atoms with Crippen molar-refractivity contribution in [2.75, 3.05) is 0 Å². The lowest BCUT2D eigenvalue weighted by atomic mass is 10.1. The van der Waals surface area contributed by atoms with Gasteiger partial charge in [-0.1, -0.05) is 61.8 Å². The number of halogens is 3. The number of rotatable bonds is 9. The van der Waals surface area contributed by atoms with Crippen LogP contribution in [-0.4, -0.2) is 14.6 Å². The standard InChI is InChI=1S/C23H27Cl3N4S/c1-6-17(7-2)23(29-27)31-13-21-16(5)30(19-10-8-18(25)9-11-19)22(28-21)15(4)20(26)12-14(3)24/h8-12,17H,3-4,6-7,13,27H2,1-2,5H3/b20-12+,29-23-. The number of allylic oxidation sites excluding steroid dienone is 4. The molecule has 0 saturated heterocycles. The lowest BCUT2D eigenvalue weighted by Gasteiger charge is -2.14. The number of hydrogen-bond acceptors (Lipinski definition) is 4. The smallest absolute Gasteiger partial charge is 0.145 e. The van der Waals surface area contributed by atoms with Crippen molar-refractivity contribution in [2.24, 2.45) is 16.9 Å². The Hall–Kier alpha value is -1.66. The Morgan fingerprint density at radius 1 is 1.23 bits per heavy atom. The van der Waals surface area contributed by atoms with Crippen molar-refractivity contribution in [3.63, 3.8) is 0 Å². The van der Waals surface area contributed by atoms with E-state index in [0.29, 0.717) is 38.2 Å². The topological polar surface area (TPSA) is 56.2 Å². The van der Waals surface area contributed by atoms with Crippen molar-refractivity contribution in [3.8, 4) is 5.69 Å². The van der Waals surface area contributed by atoms with E-state index in [1.54, 1.807) is 17.8 Å². The maximum Gasteiger partial charge on any atom is 0.145 e. The molecule has 0 amide bonds. The van der Waals surface area contributed by atoms with Crippen LogP contribution in [0.3, 0.4) is 0 Å². The van der Waals surface area contributed by atoms with E-state index in [4.69, 9.17) is 45.6 Å². The van der Waals surface area contributed by atoms with Crippen LogP contribution >= 0.6 is 46.6 Å². The summed E-state index contributed by atoms with van der Waals surface area (Å²) in [5.74, 6) is 7.27. The van der Waals surface area contributed by atoms with Crippen molar-refractivity contribution in [2.45, 2.75) is 39.4 Å². The SMILES string of the molecule is C=C(Cl)/C=C(/Cl)C(=C)c1nc(CS/C(=N\N)C(CC)CC)c(C)n1-c1ccc(Cl)cc1. The van der Waals surface area contributed by atoms with Crippen LogP contribution < -0.4 is 5.84 Å². The van der Waals surface area contributed by atoms with Crippen LogP contribution in [-0.2, 0) is 5.75 Å². The Labute approximate surface area is 203 Å². The van der Waals surface area contributed by atoms with E-state index in [2.05, 4.69) is 32.1 Å². The van der Waals surface area contributed by atoms with Gasteiger partial charge in [0.15, 0.2) is 0 Å². The number of hydrazone groups is 1. The minimum absolute atomic E-state index is 0.317. The van der Waals surface area contributed by atoms with Gasteiger partial charge in [-0.25, -0.2) is 4.98 Å². The van der Waals surface area contributed by atoms with Gasteiger partial charge in [0, 0.05) is 38.7 Å². The average Bonchev–Trinajstić information content (AvgIpc) is 3.06. The van der Waals surface area contributed by atoms with Crippen LogP contribution in [0.15, 0.2) is 58.7 Å². The molecular weight excluding hydrogens is 471 g/mol. The first-order valence-corrected chi connectivity index (χ1v) is 12.0. The number of aromatic nitrogens is 2. The van der Waals surface area contributed by atoms with E-state index >= 15 is 0 Å². The maximum absolute atomic E-state index is 6.44. The first-order valence-electron chi connectivity index (χ1n) is 9.89. The van der Waals surface area contributed by atoms with E-state index < -0.39 is 0 Å². The second-order valence-corrected chi connectivity index (χ2v) is 9.29. The maximum atomic E-state index is 6.44. The number of imidazole rings is 1. The lowest BCUT2D eigenvalue weighted by Crippen LogP contribution is -2.12. The monoisotopic (exact) mass is 496 g/mol. The Kier molecular flexibility index (Phi) is 9.76. The molecule has 0 fully saturated rings. The van der Waals surface area contributed by atoms with Crippen LogP contribution in [0.5, 0.6) is 0 Å². The zero-order valence-corrected chi connectivity index (χ0v) is 21.0. The van der Waals surface area contributed by atoms with E-state index in [1.807, 2.05) is 35.8 Å². The van der Waals surface area contributed by atoms with Gasteiger partial charge in [0.25, 0.3) is 0 Å². The molecule has 1 aromatic heterocycles. The fraction of sp³-hybridized carbons (Fsp3) is 0.304. The molecule has 1 aromatic carbocycles. The van der Waals surface area contributed by atoms with E-state index in [9.17, 15) is 0 Å². The van der Waals surface area contributed by atoms with Crippen LogP contribution in [0.4, 0.5) is 0 Å². The summed E-state index contributed by atoms with van der Waals surface area (Å²) in [6, 6.07) is 7.53. The summed E-state index contributed by atoms with van der Waals surface area (Å²) in [5.41, 5.74) is 3.33. The molecule has 2 rings (SSSR count). The van der Waals surface area contributed by atoms with Crippen LogP contribution in [0, 0.1) is 12.8 Å². The largest absolute Gasteiger partial charge is 0.323 e. The molecule has 0 aliphatic rings. The quantitative estimate of drug-likeness (QED) is 0.127. The number of nitrogens with two attached hydrogens (primary N) is 1. The fourth-order valence-corrected chi connectivity index (χ4v) is 4.87. The summed E-state index contributed by atoms with van der Waals surface area (Å²) in [4.78, 5) is 4.87. The van der Waals surface area contributed by atoms with Crippen molar-refractivity contribution in [1.29, 1.82) is 0 Å². The number of thioether (sulfide) groups is 1. The molecule has 0 atom stereocenters. The van der Waals surface area contributed by atoms with Crippen molar-refractivity contribution in [1.82, 2.24) is 9.55 Å². The van der Waals surface area contributed by atoms with Gasteiger partial charge >= 0.3 is 0 Å². The Bertz CT molecular complexity index is 1000. The molecule has 0 bridgehead atoms. The molecule has 8 heteroatoms. The number of benzene rings is 1. The van der Waals surface area contributed by atoms with Crippen LogP contribution in [0.2, 0.25) is 5.02 Å². The minimum atomic E-state index is 0.317. The Balaban J connectivity index is 2.50. The third kappa shape index (κ3) is 6.42. The molecule has 0 spiro atoms. The van der Waals surface area contributed by atoms with Gasteiger partial charge in [0.05, 0.1) is 15.8 Å². The second-order valence-electron chi connectivity index (χ2n) is 6.97. The molecule has 0 aliphatic heterocycles. The highest BCUT2D eigenvalue weighted by Crippen LogP contribution is 2.32. The summed E-state index contributed by atoms with van der Waals surface area (Å²) in [7, 11) is 0. The molecule has 1 heterocycles. The van der Waals surface area contributed by atoms with Gasteiger partial charge in [-0.3, -0.25) is 4.57 Å². The predicted octanol–water partition coefficient (Wildman–Crippen LogP) is 7.66. The number of hydrogen-bond donors (Lipinski definition) is 1. The molecule has 2 aromatic rings. The first-order chi connectivity index (χ1) is 14.7. The van der Waals surface area contributed by atoms with E-state index in [-0.39, 0.29) is 0 Å². The van der Waals surface area contributed by atoms with E-state index in [0.717, 1.165) is 35.0 Å². The molecule has 166 valence electrons. The van der Waals surface area contributed by atoms with E-state index in [1.165, 1.54) is 0 Å². The third-order valence-electron chi connectivity index (χ3n) is 4.95. The molecule has 0 saturated carbocycles. The molecule has 0 unspecified atom stereocenters. The van der Waals surface area contributed by atoms with Crippen LogP contribution in [0.25, 0.3) is 11.3 Å². The zero-order chi connectivity index (χ0) is 23.1. The highest BCUT2D eigenvalue weighted by atomic mass is 35.5. The van der Waals surface area contributed by atoms with Crippen LogP contribution in [0.1, 0.15) is 43.9 Å². The molecule has 0 aliphatic carbocycles. The van der Waals surface area contributed by atoms with Crippen molar-refractivity contribution in [3.05, 3.63) is 75.8 Å². The predicted molar refractivity (Wildman–Crippen MR) is 138 cm³/mol. The normalized spacial score (nSPS) is 12.5. The highest BCUT2D eigenvalue weighted by Gasteiger charge is 2.21. The third-order valence-corrected chi connectivity index (χ3v) is 6.80. The zero-order valence-electron chi connectivity index (χ0n) is 18.0. The fourth-order valence-electron chi connectivity index (χ4n) is 3.16. The molecule has 0 radical (unpaired) electrons. The Morgan fingerprint density at radius 3 is 2.35 bits per heavy atom. The van der Waals surface area contributed by atoms with Gasteiger partial charge in [-0.05, 0) is 50.1 Å². The Morgan fingerprint density at radius 2 is 1.84 bits per heavy atom. The van der Waals surface area contributed by atoms with Crippen molar-refractivity contribution >= 4 is 57.2 Å². The lowest BCUT2D eigenvalue weighted by molar-refractivity contribution is 0.649. The number of nitrogens with zero attached hydrogens (tertiary/aromatic N) is 3. The molecule has 4 nitrogen and oxygen atoms in total. The van der Waals surface area contributed by atoms with Crippen molar-refractivity contribution < 1.29 is 0 Å². The summed E-state index contributed by atoms with van der Waals surface area (Å²) < 4.78 is 2.01. The molecule has 2 N–H and O–H groups in total. The first kappa shape index (κ1) is 25.6. The van der Waals surface area contributed by atoms with Gasteiger partial charge in [0.2, 0.25) is 0 Å². The summed E-state index contributed by atoms with van der Waals surface area (Å²) in [6.07, 6.45) is 3.54. The molecular formula is C23H27Cl3N4S. The second kappa shape index (κ2) is 11.8. The average molecular weight is 498 g/mol. The van der Waals surface area contributed by atoms with Gasteiger partial charge in [0.1, 0.15) is 5.82 Å². The summed E-state index contributed by atoms with van der Waals surface area (Å²) in [6.45, 7) is 14.1. The van der Waals surface area contributed by atoms with Gasteiger partial charge in [-0.2, -0.15) is 5.10 Å².